The van der Waals surface area contributed by atoms with Crippen LogP contribution in [0.5, 0.6) is 0 Å². The molecule has 3 aromatic heterocycles. The van der Waals surface area contributed by atoms with Gasteiger partial charge in [-0.1, -0.05) is 130 Å². The SMILES string of the molecule is CC(C)(C)Cc1nc2c(-c3ccccc3)nnc(-c3ccccc3)c2n1Cc1ccccc1-c1ccccc1-c1nn[nH]n1. The summed E-state index contributed by atoms with van der Waals surface area (Å²) in [6, 6.07) is 37.2. The van der Waals surface area contributed by atoms with Crippen LogP contribution in [0.1, 0.15) is 32.2 Å². The van der Waals surface area contributed by atoms with Crippen molar-refractivity contribution in [2.75, 3.05) is 0 Å². The smallest absolute Gasteiger partial charge is 0.205 e. The molecular weight excluding hydrogens is 544 g/mol. The van der Waals surface area contributed by atoms with Gasteiger partial charge in [-0.3, -0.25) is 0 Å². The molecule has 0 atom stereocenters. The molecule has 0 aliphatic heterocycles. The molecule has 0 bridgehead atoms. The lowest BCUT2D eigenvalue weighted by atomic mass is 9.91. The van der Waals surface area contributed by atoms with Gasteiger partial charge in [0, 0.05) is 23.1 Å². The summed E-state index contributed by atoms with van der Waals surface area (Å²) in [5.74, 6) is 1.56. The van der Waals surface area contributed by atoms with Gasteiger partial charge in [0.05, 0.1) is 12.1 Å². The zero-order chi connectivity index (χ0) is 30.1. The highest BCUT2D eigenvalue weighted by molar-refractivity contribution is 5.98. The average Bonchev–Trinajstić information content (AvgIpc) is 3.70. The second-order valence-corrected chi connectivity index (χ2v) is 12.1. The zero-order valence-electron chi connectivity index (χ0n) is 24.9. The predicted octanol–water partition coefficient (Wildman–Crippen LogP) is 7.64. The van der Waals surface area contributed by atoms with Gasteiger partial charge in [-0.2, -0.15) is 5.21 Å². The number of hydrogen-bond donors (Lipinski definition) is 1. The summed E-state index contributed by atoms with van der Waals surface area (Å²) in [4.78, 5) is 5.35. The van der Waals surface area contributed by atoms with Gasteiger partial charge in [-0.15, -0.1) is 20.4 Å². The van der Waals surface area contributed by atoms with E-state index in [2.05, 4.69) is 101 Å². The highest BCUT2D eigenvalue weighted by Gasteiger charge is 2.25. The van der Waals surface area contributed by atoms with Crippen LogP contribution >= 0.6 is 0 Å². The van der Waals surface area contributed by atoms with Gasteiger partial charge in [-0.05, 0) is 27.3 Å². The number of H-pyrrole nitrogens is 1. The lowest BCUT2D eigenvalue weighted by Crippen LogP contribution is -2.15. The Labute approximate surface area is 255 Å². The quantitative estimate of drug-likeness (QED) is 0.209. The van der Waals surface area contributed by atoms with Crippen molar-refractivity contribution < 1.29 is 0 Å². The molecule has 0 radical (unpaired) electrons. The fourth-order valence-electron chi connectivity index (χ4n) is 5.74. The third kappa shape index (κ3) is 5.26. The molecule has 44 heavy (non-hydrogen) atoms. The minimum absolute atomic E-state index is 0.00451. The first-order chi connectivity index (χ1) is 21.5. The highest BCUT2D eigenvalue weighted by atomic mass is 15.5. The first kappa shape index (κ1) is 27.3. The van der Waals surface area contributed by atoms with Crippen LogP contribution in [0.4, 0.5) is 0 Å². The Bertz CT molecular complexity index is 2040. The maximum Gasteiger partial charge on any atom is 0.205 e. The van der Waals surface area contributed by atoms with Crippen molar-refractivity contribution in [1.29, 1.82) is 0 Å². The van der Waals surface area contributed by atoms with Crippen LogP contribution in [0.25, 0.3) is 56.1 Å². The normalized spacial score (nSPS) is 11.7. The summed E-state index contributed by atoms with van der Waals surface area (Å²) in [5, 5.41) is 24.6. The molecule has 8 heteroatoms. The third-order valence-corrected chi connectivity index (χ3v) is 7.68. The first-order valence-corrected chi connectivity index (χ1v) is 14.7. The van der Waals surface area contributed by atoms with Crippen molar-refractivity contribution in [3.8, 4) is 45.0 Å². The van der Waals surface area contributed by atoms with E-state index in [1.165, 1.54) is 0 Å². The third-order valence-electron chi connectivity index (χ3n) is 7.68. The van der Waals surface area contributed by atoms with Crippen LogP contribution in [0.2, 0.25) is 0 Å². The molecule has 0 fully saturated rings. The van der Waals surface area contributed by atoms with E-state index in [1.54, 1.807) is 0 Å². The van der Waals surface area contributed by atoms with Gasteiger partial charge in [0.15, 0.2) is 0 Å². The van der Waals surface area contributed by atoms with Crippen molar-refractivity contribution in [3.05, 3.63) is 121 Å². The Hall–Kier alpha value is -5.50. The van der Waals surface area contributed by atoms with Crippen LogP contribution in [0, 0.1) is 5.41 Å². The van der Waals surface area contributed by atoms with Gasteiger partial charge < -0.3 is 4.57 Å². The largest absolute Gasteiger partial charge is 0.322 e. The Morgan fingerprint density at radius 3 is 1.89 bits per heavy atom. The summed E-state index contributed by atoms with van der Waals surface area (Å²) in [6.07, 6.45) is 0.783. The number of aromatic amines is 1. The Morgan fingerprint density at radius 2 is 1.23 bits per heavy atom. The maximum atomic E-state index is 5.35. The molecule has 0 saturated carbocycles. The standard InChI is InChI=1S/C36H32N8/c1-36(2,3)22-30-37-33-31(24-14-6-4-7-15-24)38-39-32(25-16-8-5-9-17-25)34(33)44(30)23-26-18-10-11-19-27(26)28-20-12-13-21-29(28)35-40-42-43-41-35/h4-21H,22-23H2,1-3H3,(H,40,41,42,43). The molecule has 0 saturated heterocycles. The molecule has 0 aliphatic carbocycles. The second kappa shape index (κ2) is 11.3. The minimum Gasteiger partial charge on any atom is -0.322 e. The molecule has 3 heterocycles. The average molecular weight is 577 g/mol. The van der Waals surface area contributed by atoms with Crippen molar-refractivity contribution >= 4 is 11.0 Å². The maximum absolute atomic E-state index is 5.35. The van der Waals surface area contributed by atoms with Gasteiger partial charge in [0.2, 0.25) is 5.82 Å². The molecule has 1 N–H and O–H groups in total. The summed E-state index contributed by atoms with van der Waals surface area (Å²) in [7, 11) is 0. The first-order valence-electron chi connectivity index (χ1n) is 14.7. The summed E-state index contributed by atoms with van der Waals surface area (Å²) >= 11 is 0. The lowest BCUT2D eigenvalue weighted by Gasteiger charge is -2.20. The Morgan fingerprint density at radius 1 is 0.636 bits per heavy atom. The minimum atomic E-state index is 0.00451. The highest BCUT2D eigenvalue weighted by Crippen LogP contribution is 2.37. The van der Waals surface area contributed by atoms with Crippen LogP contribution in [-0.4, -0.2) is 40.4 Å². The molecular formula is C36H32N8. The molecule has 0 unspecified atom stereocenters. The number of aromatic nitrogens is 8. The molecule has 7 aromatic rings. The molecule has 0 spiro atoms. The van der Waals surface area contributed by atoms with E-state index in [9.17, 15) is 0 Å². The van der Waals surface area contributed by atoms with E-state index in [-0.39, 0.29) is 5.41 Å². The monoisotopic (exact) mass is 576 g/mol. The van der Waals surface area contributed by atoms with Crippen molar-refractivity contribution in [3.63, 3.8) is 0 Å². The fraction of sp³-hybridized carbons (Fsp3) is 0.167. The number of tetrazole rings is 1. The molecule has 0 aliphatic rings. The fourth-order valence-corrected chi connectivity index (χ4v) is 5.74. The molecule has 4 aromatic carbocycles. The van der Waals surface area contributed by atoms with E-state index >= 15 is 0 Å². The van der Waals surface area contributed by atoms with E-state index in [0.29, 0.717) is 12.4 Å². The van der Waals surface area contributed by atoms with E-state index in [0.717, 1.165) is 68.0 Å². The predicted molar refractivity (Wildman–Crippen MR) is 174 cm³/mol. The number of nitrogens with zero attached hydrogens (tertiary/aromatic N) is 7. The second-order valence-electron chi connectivity index (χ2n) is 12.1. The van der Waals surface area contributed by atoms with Gasteiger partial charge in [-0.25, -0.2) is 4.98 Å². The van der Waals surface area contributed by atoms with Crippen LogP contribution < -0.4 is 0 Å². The van der Waals surface area contributed by atoms with E-state index < -0.39 is 0 Å². The van der Waals surface area contributed by atoms with E-state index in [4.69, 9.17) is 15.2 Å². The van der Waals surface area contributed by atoms with Crippen LogP contribution in [0.15, 0.2) is 109 Å². The summed E-state index contributed by atoms with van der Waals surface area (Å²) in [5.41, 5.74) is 9.64. The van der Waals surface area contributed by atoms with E-state index in [1.807, 2.05) is 54.6 Å². The number of hydrogen-bond acceptors (Lipinski definition) is 6. The van der Waals surface area contributed by atoms with Gasteiger partial charge >= 0.3 is 0 Å². The number of benzene rings is 4. The lowest BCUT2D eigenvalue weighted by molar-refractivity contribution is 0.395. The number of rotatable bonds is 7. The van der Waals surface area contributed by atoms with Crippen LogP contribution in [-0.2, 0) is 13.0 Å². The van der Waals surface area contributed by atoms with Crippen molar-refractivity contribution in [1.82, 2.24) is 40.4 Å². The summed E-state index contributed by atoms with van der Waals surface area (Å²) in [6.45, 7) is 7.34. The molecule has 216 valence electrons. The molecule has 7 rings (SSSR count). The van der Waals surface area contributed by atoms with Crippen molar-refractivity contribution in [2.45, 2.75) is 33.7 Å². The Kier molecular flexibility index (Phi) is 7.02. The Balaban J connectivity index is 1.48. The number of fused-ring (bicyclic) bond motifs is 1. The number of nitrogens with one attached hydrogen (secondary N) is 1. The van der Waals surface area contributed by atoms with Gasteiger partial charge in [0.1, 0.15) is 22.7 Å². The van der Waals surface area contributed by atoms with Gasteiger partial charge in [0.25, 0.3) is 0 Å². The summed E-state index contributed by atoms with van der Waals surface area (Å²) < 4.78 is 2.35. The van der Waals surface area contributed by atoms with Crippen LogP contribution in [0.3, 0.4) is 0 Å². The topological polar surface area (TPSA) is 98.1 Å². The molecule has 8 nitrogen and oxygen atoms in total. The van der Waals surface area contributed by atoms with Crippen molar-refractivity contribution in [2.24, 2.45) is 5.41 Å². The molecule has 0 amide bonds. The number of imidazole rings is 1. The zero-order valence-corrected chi connectivity index (χ0v) is 24.9.